The summed E-state index contributed by atoms with van der Waals surface area (Å²) in [6, 6.07) is 11.3. The molecule has 2 saturated heterocycles. The molecular weight excluding hydrogens is 531 g/mol. The summed E-state index contributed by atoms with van der Waals surface area (Å²) in [5.74, 6) is -0.309. The number of benzene rings is 2. The average molecular weight is 568 g/mol. The van der Waals surface area contributed by atoms with E-state index in [1.807, 2.05) is 25.7 Å². The molecule has 4 rings (SSSR count). The summed E-state index contributed by atoms with van der Waals surface area (Å²) in [5.41, 5.74) is -1.04. The number of piperidine rings is 1. The first-order valence-corrected chi connectivity index (χ1v) is 14.6. The van der Waals surface area contributed by atoms with Crippen molar-refractivity contribution < 1.29 is 31.1 Å². The molecule has 2 aliphatic rings. The fourth-order valence-corrected chi connectivity index (χ4v) is 7.17. The van der Waals surface area contributed by atoms with E-state index in [2.05, 4.69) is 5.32 Å². The van der Waals surface area contributed by atoms with Gasteiger partial charge in [0.1, 0.15) is 0 Å². The molecule has 0 saturated carbocycles. The van der Waals surface area contributed by atoms with Gasteiger partial charge in [0.05, 0.1) is 34.9 Å². The van der Waals surface area contributed by atoms with Crippen LogP contribution in [0.1, 0.15) is 44.2 Å². The highest BCUT2D eigenvalue weighted by Crippen LogP contribution is 2.36. The maximum absolute atomic E-state index is 13.8. The first-order valence-electron chi connectivity index (χ1n) is 13.2. The number of sulfonamides is 1. The summed E-state index contributed by atoms with van der Waals surface area (Å²) in [4.78, 5) is 14.8. The Hall–Kier alpha value is -2.47. The minimum atomic E-state index is -4.59. The van der Waals surface area contributed by atoms with Gasteiger partial charge < -0.3 is 10.1 Å². The average Bonchev–Trinajstić information content (AvgIpc) is 2.85. The topological polar surface area (TPSA) is 79.0 Å². The Balaban J connectivity index is 1.50. The highest BCUT2D eigenvalue weighted by atomic mass is 32.2. The maximum atomic E-state index is 13.8. The van der Waals surface area contributed by atoms with E-state index >= 15 is 0 Å². The Morgan fingerprint density at radius 1 is 1.13 bits per heavy atom. The van der Waals surface area contributed by atoms with Crippen LogP contribution in [0.5, 0.6) is 0 Å². The molecule has 0 bridgehead atoms. The predicted molar refractivity (Wildman–Crippen MR) is 143 cm³/mol. The molecule has 1 spiro atoms. The van der Waals surface area contributed by atoms with Crippen molar-refractivity contribution in [3.8, 4) is 0 Å². The SMILES string of the molecule is Cc1ccc(S(=O)(=O)N2C[C@@]3(CCCN(CC(=O)Nc4ccccc4C(F)(F)F)C3)OC[C@@H]2CC(C)C)cc1. The molecular formula is C28H36F3N3O4S. The van der Waals surface area contributed by atoms with Gasteiger partial charge in [0, 0.05) is 19.1 Å². The number of rotatable bonds is 7. The van der Waals surface area contributed by atoms with Crippen LogP contribution in [-0.4, -0.2) is 68.0 Å². The number of carbonyl (C=O) groups is 1. The van der Waals surface area contributed by atoms with Crippen LogP contribution < -0.4 is 5.32 Å². The number of carbonyl (C=O) groups excluding carboxylic acids is 1. The van der Waals surface area contributed by atoms with Crippen LogP contribution in [0.15, 0.2) is 53.4 Å². The van der Waals surface area contributed by atoms with E-state index in [1.54, 1.807) is 28.6 Å². The number of alkyl halides is 3. The third kappa shape index (κ3) is 7.00. The number of para-hydroxylation sites is 1. The van der Waals surface area contributed by atoms with Crippen molar-refractivity contribution >= 4 is 21.6 Å². The number of ether oxygens (including phenoxy) is 1. The Labute approximate surface area is 228 Å². The Bertz CT molecular complexity index is 1270. The normalized spacial score (nSPS) is 23.3. The van der Waals surface area contributed by atoms with Gasteiger partial charge in [-0.3, -0.25) is 9.69 Å². The van der Waals surface area contributed by atoms with Crippen LogP contribution in [0.3, 0.4) is 0 Å². The molecule has 1 N–H and O–H groups in total. The molecule has 2 heterocycles. The van der Waals surface area contributed by atoms with Gasteiger partial charge in [0.15, 0.2) is 0 Å². The third-order valence-electron chi connectivity index (χ3n) is 7.30. The third-order valence-corrected chi connectivity index (χ3v) is 9.21. The van der Waals surface area contributed by atoms with Crippen molar-refractivity contribution in [1.29, 1.82) is 0 Å². The van der Waals surface area contributed by atoms with Crippen LogP contribution >= 0.6 is 0 Å². The number of hydrogen-bond donors (Lipinski definition) is 1. The molecule has 2 aromatic carbocycles. The molecule has 0 unspecified atom stereocenters. The van der Waals surface area contributed by atoms with Crippen molar-refractivity contribution in [3.05, 3.63) is 59.7 Å². The number of halogens is 3. The van der Waals surface area contributed by atoms with E-state index in [9.17, 15) is 26.4 Å². The lowest BCUT2D eigenvalue weighted by Gasteiger charge is -2.50. The largest absolute Gasteiger partial charge is 0.418 e. The van der Waals surface area contributed by atoms with Crippen LogP contribution in [0.4, 0.5) is 18.9 Å². The second-order valence-corrected chi connectivity index (χ2v) is 12.9. The number of nitrogens with zero attached hydrogens (tertiary/aromatic N) is 2. The van der Waals surface area contributed by atoms with Gasteiger partial charge in [-0.25, -0.2) is 8.42 Å². The molecule has 2 atom stereocenters. The lowest BCUT2D eigenvalue weighted by Crippen LogP contribution is -2.64. The number of hydrogen-bond acceptors (Lipinski definition) is 5. The standard InChI is InChI=1S/C28H36F3N3O4S/c1-20(2)15-22-17-38-27(19-34(22)39(36,37)23-11-9-21(3)10-12-23)13-6-14-33(18-27)16-26(35)32-25-8-5-4-7-24(25)28(29,30)31/h4-5,7-12,20,22H,6,13-19H2,1-3H3,(H,32,35)/t22-,27-/m0/s1. The highest BCUT2D eigenvalue weighted by molar-refractivity contribution is 7.89. The van der Waals surface area contributed by atoms with Gasteiger partial charge in [-0.05, 0) is 62.9 Å². The molecule has 1 amide bonds. The zero-order valence-electron chi connectivity index (χ0n) is 22.5. The first-order chi connectivity index (χ1) is 18.3. The van der Waals surface area contributed by atoms with Crippen molar-refractivity contribution in [2.24, 2.45) is 5.92 Å². The molecule has 0 aliphatic carbocycles. The molecule has 11 heteroatoms. The number of nitrogens with one attached hydrogen (secondary N) is 1. The van der Waals surface area contributed by atoms with E-state index in [-0.39, 0.29) is 42.2 Å². The summed E-state index contributed by atoms with van der Waals surface area (Å²) < 4.78 is 75.6. The minimum absolute atomic E-state index is 0.128. The highest BCUT2D eigenvalue weighted by Gasteiger charge is 2.47. The van der Waals surface area contributed by atoms with E-state index in [0.717, 1.165) is 11.6 Å². The summed E-state index contributed by atoms with van der Waals surface area (Å²) >= 11 is 0. The van der Waals surface area contributed by atoms with Crippen molar-refractivity contribution in [2.45, 2.75) is 62.7 Å². The van der Waals surface area contributed by atoms with Crippen LogP contribution in [0.25, 0.3) is 0 Å². The smallest absolute Gasteiger partial charge is 0.371 e. The van der Waals surface area contributed by atoms with Crippen molar-refractivity contribution in [3.63, 3.8) is 0 Å². The number of morpholine rings is 1. The van der Waals surface area contributed by atoms with E-state index in [4.69, 9.17) is 4.74 Å². The Morgan fingerprint density at radius 3 is 2.49 bits per heavy atom. The summed E-state index contributed by atoms with van der Waals surface area (Å²) in [7, 11) is -3.80. The summed E-state index contributed by atoms with van der Waals surface area (Å²) in [6.07, 6.45) is -2.66. The minimum Gasteiger partial charge on any atom is -0.371 e. The Morgan fingerprint density at radius 2 is 1.82 bits per heavy atom. The maximum Gasteiger partial charge on any atom is 0.418 e. The zero-order valence-corrected chi connectivity index (χ0v) is 23.3. The van der Waals surface area contributed by atoms with E-state index in [0.29, 0.717) is 32.4 Å². The quantitative estimate of drug-likeness (QED) is 0.514. The summed E-state index contributed by atoms with van der Waals surface area (Å²) in [5, 5.41) is 2.40. The lowest BCUT2D eigenvalue weighted by atomic mass is 9.89. The number of amides is 1. The number of likely N-dealkylation sites (tertiary alicyclic amines) is 1. The van der Waals surface area contributed by atoms with Gasteiger partial charge in [-0.1, -0.05) is 43.7 Å². The van der Waals surface area contributed by atoms with E-state index in [1.165, 1.54) is 18.2 Å². The number of aryl methyl sites for hydroxylation is 1. The predicted octanol–water partition coefficient (Wildman–Crippen LogP) is 4.92. The first kappa shape index (κ1) is 29.5. The second-order valence-electron chi connectivity index (χ2n) is 11.0. The fraction of sp³-hybridized carbons (Fsp3) is 0.536. The Kier molecular flexibility index (Phi) is 8.75. The van der Waals surface area contributed by atoms with Gasteiger partial charge in [-0.15, -0.1) is 0 Å². The van der Waals surface area contributed by atoms with Crippen LogP contribution in [0.2, 0.25) is 0 Å². The number of anilines is 1. The van der Waals surface area contributed by atoms with Crippen LogP contribution in [-0.2, 0) is 25.7 Å². The monoisotopic (exact) mass is 567 g/mol. The van der Waals surface area contributed by atoms with Gasteiger partial charge >= 0.3 is 6.18 Å². The van der Waals surface area contributed by atoms with Crippen molar-refractivity contribution in [1.82, 2.24) is 9.21 Å². The molecule has 2 aliphatic heterocycles. The molecule has 39 heavy (non-hydrogen) atoms. The molecule has 2 aromatic rings. The molecule has 7 nitrogen and oxygen atoms in total. The molecule has 214 valence electrons. The zero-order chi connectivity index (χ0) is 28.4. The summed E-state index contributed by atoms with van der Waals surface area (Å²) in [6.45, 7) is 7.10. The van der Waals surface area contributed by atoms with Gasteiger partial charge in [0.25, 0.3) is 0 Å². The second kappa shape index (κ2) is 11.6. The molecule has 2 fully saturated rings. The van der Waals surface area contributed by atoms with Crippen LogP contribution in [0, 0.1) is 12.8 Å². The fourth-order valence-electron chi connectivity index (χ4n) is 5.48. The molecule has 0 aromatic heterocycles. The van der Waals surface area contributed by atoms with Gasteiger partial charge in [-0.2, -0.15) is 17.5 Å². The van der Waals surface area contributed by atoms with E-state index < -0.39 is 33.3 Å². The van der Waals surface area contributed by atoms with Gasteiger partial charge in [0.2, 0.25) is 15.9 Å². The lowest BCUT2D eigenvalue weighted by molar-refractivity contribution is -0.146. The molecule has 0 radical (unpaired) electrons. The van der Waals surface area contributed by atoms with Crippen molar-refractivity contribution in [2.75, 3.05) is 38.1 Å².